The molecule has 8 heteroatoms. The van der Waals surface area contributed by atoms with Crippen molar-refractivity contribution in [3.63, 3.8) is 0 Å². The van der Waals surface area contributed by atoms with Gasteiger partial charge in [-0.1, -0.05) is 64.7 Å². The Morgan fingerprint density at radius 3 is 1.69 bits per heavy atom. The maximum atomic E-state index is 9.87. The Morgan fingerprint density at radius 1 is 0.897 bits per heavy atom. The van der Waals surface area contributed by atoms with E-state index in [0.29, 0.717) is 0 Å². The minimum atomic E-state index is -4.22. The van der Waals surface area contributed by atoms with Crippen LogP contribution in [0.4, 0.5) is 0 Å². The SMILES string of the molecule is CC(O)CS(=O)(=O)[O-].CCCCCCCCCCCCNCC(O)C[N+](C)(C)C. The first-order chi connectivity index (χ1) is 13.4. The smallest absolute Gasteiger partial charge is 0.115 e. The monoisotopic (exact) mass is 440 g/mol. The van der Waals surface area contributed by atoms with E-state index in [0.717, 1.165) is 24.1 Å². The second kappa shape index (κ2) is 18.5. The first-order valence-corrected chi connectivity index (χ1v) is 12.8. The average molecular weight is 441 g/mol. The van der Waals surface area contributed by atoms with Gasteiger partial charge in [-0.3, -0.25) is 0 Å². The zero-order valence-electron chi connectivity index (χ0n) is 19.5. The molecule has 0 aromatic carbocycles. The zero-order chi connectivity index (χ0) is 22.8. The van der Waals surface area contributed by atoms with Crippen LogP contribution in [0.1, 0.15) is 78.1 Å². The molecule has 2 atom stereocenters. The lowest BCUT2D eigenvalue weighted by Crippen LogP contribution is -2.45. The van der Waals surface area contributed by atoms with Crippen molar-refractivity contribution in [2.24, 2.45) is 0 Å². The summed E-state index contributed by atoms with van der Waals surface area (Å²) in [5.74, 6) is -0.701. The highest BCUT2D eigenvalue weighted by Crippen LogP contribution is 2.10. The molecule has 0 fully saturated rings. The van der Waals surface area contributed by atoms with E-state index in [9.17, 15) is 18.1 Å². The highest BCUT2D eigenvalue weighted by Gasteiger charge is 2.14. The maximum Gasteiger partial charge on any atom is 0.115 e. The van der Waals surface area contributed by atoms with Crippen LogP contribution < -0.4 is 5.32 Å². The predicted octanol–water partition coefficient (Wildman–Crippen LogP) is 2.48. The molecule has 0 saturated carbocycles. The molecule has 0 aliphatic carbocycles. The summed E-state index contributed by atoms with van der Waals surface area (Å²) >= 11 is 0. The highest BCUT2D eigenvalue weighted by molar-refractivity contribution is 7.85. The van der Waals surface area contributed by atoms with Crippen molar-refractivity contribution in [2.75, 3.05) is 46.5 Å². The first kappa shape index (κ1) is 30.9. The van der Waals surface area contributed by atoms with E-state index >= 15 is 0 Å². The van der Waals surface area contributed by atoms with Crippen LogP contribution in [-0.4, -0.2) is 86.4 Å². The van der Waals surface area contributed by atoms with Crippen LogP contribution in [0.2, 0.25) is 0 Å². The molecule has 29 heavy (non-hydrogen) atoms. The lowest BCUT2D eigenvalue weighted by atomic mass is 10.1. The topological polar surface area (TPSA) is 110 Å². The Bertz CT molecular complexity index is 450. The molecule has 0 rings (SSSR count). The zero-order valence-corrected chi connectivity index (χ0v) is 20.3. The number of nitrogens with one attached hydrogen (secondary N) is 1. The number of hydrogen-bond donors (Lipinski definition) is 3. The lowest BCUT2D eigenvalue weighted by molar-refractivity contribution is -0.873. The maximum absolute atomic E-state index is 9.87. The summed E-state index contributed by atoms with van der Waals surface area (Å²) in [6.45, 7) is 6.10. The van der Waals surface area contributed by atoms with Gasteiger partial charge in [-0.05, 0) is 19.9 Å². The number of rotatable bonds is 17. The summed E-state index contributed by atoms with van der Waals surface area (Å²) in [4.78, 5) is 0. The minimum absolute atomic E-state index is 0.229. The predicted molar refractivity (Wildman–Crippen MR) is 120 cm³/mol. The van der Waals surface area contributed by atoms with Gasteiger partial charge in [-0.2, -0.15) is 0 Å². The number of unbranched alkanes of at least 4 members (excludes halogenated alkanes) is 9. The van der Waals surface area contributed by atoms with E-state index in [1.165, 1.54) is 71.1 Å². The van der Waals surface area contributed by atoms with Gasteiger partial charge in [0.25, 0.3) is 0 Å². The third-order valence-corrected chi connectivity index (χ3v) is 5.18. The second-order valence-electron chi connectivity index (χ2n) is 9.09. The van der Waals surface area contributed by atoms with Gasteiger partial charge < -0.3 is 24.6 Å². The van der Waals surface area contributed by atoms with Crippen LogP contribution >= 0.6 is 0 Å². The van der Waals surface area contributed by atoms with Gasteiger partial charge in [0.2, 0.25) is 0 Å². The quantitative estimate of drug-likeness (QED) is 0.182. The molecule has 0 aromatic rings. The Morgan fingerprint density at radius 2 is 1.34 bits per heavy atom. The first-order valence-electron chi connectivity index (χ1n) is 11.2. The van der Waals surface area contributed by atoms with Gasteiger partial charge in [0.1, 0.15) is 12.6 Å². The summed E-state index contributed by atoms with van der Waals surface area (Å²) in [5.41, 5.74) is 0. The molecule has 0 spiro atoms. The number of nitrogens with zero attached hydrogens (tertiary/aromatic N) is 1. The van der Waals surface area contributed by atoms with E-state index in [1.807, 2.05) is 0 Å². The van der Waals surface area contributed by atoms with Gasteiger partial charge in [0, 0.05) is 6.54 Å². The molecule has 0 aromatic heterocycles. The number of aliphatic hydroxyl groups is 2. The molecular weight excluding hydrogens is 392 g/mol. The second-order valence-corrected chi connectivity index (χ2v) is 10.5. The molecule has 0 radical (unpaired) electrons. The van der Waals surface area contributed by atoms with E-state index in [2.05, 4.69) is 33.4 Å². The summed E-state index contributed by atoms with van der Waals surface area (Å²) < 4.78 is 30.0. The fourth-order valence-electron chi connectivity index (χ4n) is 3.00. The highest BCUT2D eigenvalue weighted by atomic mass is 32.2. The Labute approximate surface area is 180 Å². The molecule has 3 N–H and O–H groups in total. The number of aliphatic hydroxyl groups excluding tert-OH is 2. The van der Waals surface area contributed by atoms with Crippen LogP contribution in [-0.2, 0) is 10.1 Å². The molecule has 0 aliphatic heterocycles. The van der Waals surface area contributed by atoms with Crippen LogP contribution in [0.5, 0.6) is 0 Å². The van der Waals surface area contributed by atoms with Crippen molar-refractivity contribution in [1.29, 1.82) is 0 Å². The average Bonchev–Trinajstić information content (AvgIpc) is 2.52. The van der Waals surface area contributed by atoms with Gasteiger partial charge in [0.15, 0.2) is 0 Å². The summed E-state index contributed by atoms with van der Waals surface area (Å²) in [7, 11) is 2.13. The Balaban J connectivity index is 0. The van der Waals surface area contributed by atoms with Gasteiger partial charge in [-0.15, -0.1) is 0 Å². The molecule has 7 nitrogen and oxygen atoms in total. The van der Waals surface area contributed by atoms with Crippen molar-refractivity contribution in [3.05, 3.63) is 0 Å². The van der Waals surface area contributed by atoms with Crippen molar-refractivity contribution < 1.29 is 27.7 Å². The molecule has 0 amide bonds. The van der Waals surface area contributed by atoms with Crippen LogP contribution in [0.3, 0.4) is 0 Å². The molecule has 0 saturated heterocycles. The molecule has 0 heterocycles. The van der Waals surface area contributed by atoms with Crippen LogP contribution in [0, 0.1) is 0 Å². The minimum Gasteiger partial charge on any atom is -0.748 e. The van der Waals surface area contributed by atoms with E-state index in [4.69, 9.17) is 5.11 Å². The van der Waals surface area contributed by atoms with Crippen molar-refractivity contribution in [2.45, 2.75) is 90.3 Å². The number of likely N-dealkylation sites (N-methyl/N-ethyl adjacent to an activating group) is 1. The fourth-order valence-corrected chi connectivity index (χ4v) is 3.59. The molecule has 0 bridgehead atoms. The van der Waals surface area contributed by atoms with Crippen molar-refractivity contribution in [3.8, 4) is 0 Å². The molecular formula is C21H48N2O5S. The van der Waals surface area contributed by atoms with Gasteiger partial charge in [0.05, 0.1) is 43.1 Å². The normalized spacial score (nSPS) is 14.2. The van der Waals surface area contributed by atoms with E-state index in [1.54, 1.807) is 0 Å². The third kappa shape index (κ3) is 32.6. The lowest BCUT2D eigenvalue weighted by Gasteiger charge is -2.26. The van der Waals surface area contributed by atoms with Crippen LogP contribution in [0.25, 0.3) is 0 Å². The largest absolute Gasteiger partial charge is 0.748 e. The van der Waals surface area contributed by atoms with Crippen LogP contribution in [0.15, 0.2) is 0 Å². The molecule has 0 aliphatic rings. The van der Waals surface area contributed by atoms with Gasteiger partial charge >= 0.3 is 0 Å². The summed E-state index contributed by atoms with van der Waals surface area (Å²) in [6, 6.07) is 0. The van der Waals surface area contributed by atoms with E-state index in [-0.39, 0.29) is 6.10 Å². The third-order valence-electron chi connectivity index (χ3n) is 4.29. The molecule has 178 valence electrons. The number of hydrogen-bond acceptors (Lipinski definition) is 6. The standard InChI is InChI=1S/C18H41N2O.C3H8O4S/c1-5-6-7-8-9-10-11-12-13-14-15-19-16-18(21)17-20(2,3)4;1-3(4)2-8(5,6)7/h18-19,21H,5-17H2,1-4H3;3-4H,2H2,1H3,(H,5,6,7)/q+1;/p-1. The summed E-state index contributed by atoms with van der Waals surface area (Å²) in [5, 5.41) is 21.5. The van der Waals surface area contributed by atoms with E-state index < -0.39 is 22.0 Å². The molecule has 2 unspecified atom stereocenters. The fraction of sp³-hybridized carbons (Fsp3) is 1.00. The van der Waals surface area contributed by atoms with Crippen molar-refractivity contribution in [1.82, 2.24) is 5.32 Å². The van der Waals surface area contributed by atoms with Gasteiger partial charge in [-0.25, -0.2) is 8.42 Å². The number of quaternary nitrogens is 1. The van der Waals surface area contributed by atoms with Crippen molar-refractivity contribution >= 4 is 10.1 Å². The Kier molecular flexibility index (Phi) is 19.8. The summed E-state index contributed by atoms with van der Waals surface area (Å²) in [6.07, 6.45) is 12.5. The Hall–Kier alpha value is -0.250.